The maximum atomic E-state index is 13.9. The van der Waals surface area contributed by atoms with Crippen LogP contribution < -0.4 is 4.72 Å². The average Bonchev–Trinajstić information content (AvgIpc) is 1.69. The highest BCUT2D eigenvalue weighted by Crippen LogP contribution is 2.34. The summed E-state index contributed by atoms with van der Waals surface area (Å²) in [6.07, 6.45) is -1.52. The minimum Gasteiger partial charge on any atom is -0.329 e. The van der Waals surface area contributed by atoms with Gasteiger partial charge in [-0.25, -0.2) is 50.1 Å². The number of rotatable bonds is 8. The van der Waals surface area contributed by atoms with Crippen molar-refractivity contribution >= 4 is 129 Å². The Morgan fingerprint density at radius 3 is 1.71 bits per heavy atom. The van der Waals surface area contributed by atoms with Crippen LogP contribution in [0.15, 0.2) is 153 Å². The van der Waals surface area contributed by atoms with Gasteiger partial charge in [-0.2, -0.15) is 26.7 Å². The quantitative estimate of drug-likeness (QED) is 0.0395. The molecule has 84 heavy (non-hydrogen) atoms. The van der Waals surface area contributed by atoms with Crippen molar-refractivity contribution in [2.45, 2.75) is 46.0 Å². The zero-order chi connectivity index (χ0) is 60.4. The van der Waals surface area contributed by atoms with Gasteiger partial charge in [-0.15, -0.1) is 0 Å². The van der Waals surface area contributed by atoms with E-state index in [9.17, 15) is 70.3 Å². The maximum Gasteiger partial charge on any atom is 0.416 e. The molecule has 1 aliphatic rings. The Balaban J connectivity index is 0.000000149. The number of imidazole rings is 4. The number of carbonyl (C=O) groups excluding carboxylic acids is 2. The van der Waals surface area contributed by atoms with Crippen LogP contribution in [0.2, 0.25) is 0 Å². The first kappa shape index (κ1) is 61.1. The molecule has 0 saturated carbocycles. The van der Waals surface area contributed by atoms with Gasteiger partial charge in [0.15, 0.2) is 17.4 Å². The number of nitrogens with one attached hydrogen (secondary N) is 5. The highest BCUT2D eigenvalue weighted by atomic mass is 32.2. The topological polar surface area (TPSA) is 379 Å². The molecule has 0 saturated heterocycles. The zero-order valence-corrected chi connectivity index (χ0v) is 46.0. The molecule has 6 aromatic carbocycles. The number of carbonyl (C=O) groups is 2. The second kappa shape index (κ2) is 22.3. The largest absolute Gasteiger partial charge is 0.416 e. The number of halogens is 4. The van der Waals surface area contributed by atoms with Crippen molar-refractivity contribution in [2.75, 3.05) is 4.72 Å². The van der Waals surface area contributed by atoms with Crippen molar-refractivity contribution in [2.24, 2.45) is 0 Å². The number of fused-ring (bicyclic) bond motifs is 7. The fraction of sp³-hybridized carbons (Fsp3) is 0.0588. The number of aromatic nitrogens is 10. The molecule has 3 atom stereocenters. The third kappa shape index (κ3) is 13.0. The van der Waals surface area contributed by atoms with Crippen LogP contribution in [0.4, 0.5) is 23.2 Å². The molecule has 0 amide bonds. The molecule has 438 valence electrons. The monoisotopic (exact) mass is 1250 g/mol. The van der Waals surface area contributed by atoms with Gasteiger partial charge in [-0.1, -0.05) is 43.8 Å². The number of benzene rings is 6. The van der Waals surface area contributed by atoms with Crippen molar-refractivity contribution in [1.29, 1.82) is 0 Å². The highest BCUT2D eigenvalue weighted by molar-refractivity contribution is 7.95. The lowest BCUT2D eigenvalue weighted by Crippen LogP contribution is -2.21. The number of hydrogen-bond donors (Lipinski definition) is 9. The molecule has 0 bridgehead atoms. The lowest BCUT2D eigenvalue weighted by atomic mass is 9.83. The summed E-state index contributed by atoms with van der Waals surface area (Å²) in [4.78, 5) is 50.9. The van der Waals surface area contributed by atoms with Gasteiger partial charge in [0.1, 0.15) is 40.6 Å². The molecule has 1 aliphatic carbocycles. The van der Waals surface area contributed by atoms with Gasteiger partial charge in [-0.05, 0) is 103 Å². The van der Waals surface area contributed by atoms with E-state index in [0.29, 0.717) is 39.3 Å². The molecular formula is C51H43F4N11O13S5. The van der Waals surface area contributed by atoms with E-state index in [1.165, 1.54) is 35.1 Å². The van der Waals surface area contributed by atoms with Crippen molar-refractivity contribution in [3.63, 3.8) is 0 Å². The number of H-pyrrole nitrogens is 4. The first-order valence-corrected chi connectivity index (χ1v) is 31.0. The van der Waals surface area contributed by atoms with Crippen molar-refractivity contribution in [1.82, 2.24) is 49.7 Å². The minimum atomic E-state index is -4.64. The maximum absolute atomic E-state index is 13.9. The van der Waals surface area contributed by atoms with Crippen LogP contribution >= 0.6 is 0 Å². The number of nitrogens with zero attached hydrogens (tertiary/aromatic N) is 6. The van der Waals surface area contributed by atoms with Crippen LogP contribution in [0.3, 0.4) is 0 Å². The molecule has 24 nitrogen and oxygen atoms in total. The van der Waals surface area contributed by atoms with Crippen molar-refractivity contribution < 1.29 is 74.8 Å². The Morgan fingerprint density at radius 2 is 1.12 bits per heavy atom. The van der Waals surface area contributed by atoms with Crippen molar-refractivity contribution in [3.8, 4) is 5.69 Å². The van der Waals surface area contributed by atoms with Crippen LogP contribution in [-0.2, 0) is 55.7 Å². The first-order valence-electron chi connectivity index (χ1n) is 23.0. The first-order chi connectivity index (χ1) is 38.7. The van der Waals surface area contributed by atoms with E-state index in [0.717, 1.165) is 41.4 Å². The summed E-state index contributed by atoms with van der Waals surface area (Å²) in [5, 5.41) is 2.79. The van der Waals surface area contributed by atoms with Gasteiger partial charge < -0.3 is 33.6 Å². The van der Waals surface area contributed by atoms with E-state index in [1.54, 1.807) is 48.7 Å². The lowest BCUT2D eigenvalue weighted by Gasteiger charge is -2.17. The van der Waals surface area contributed by atoms with Crippen LogP contribution in [0.25, 0.3) is 49.8 Å². The van der Waals surface area contributed by atoms with E-state index in [2.05, 4.69) is 62.6 Å². The molecule has 0 spiro atoms. The highest BCUT2D eigenvalue weighted by Gasteiger charge is 2.33. The van der Waals surface area contributed by atoms with Crippen LogP contribution in [0.5, 0.6) is 0 Å². The summed E-state index contributed by atoms with van der Waals surface area (Å²) < 4.78 is 174. The standard InChI is InChI=1S/C16H10N2O4S.C14H10F3N3O5S2.C11H9FN4O2S.C9H10N2O2S.CH4/c1-23(21,22)16-17-11-7-6-10-12(13(11)18-16)15(20)9-5-3-2-4-8(9)14(10)19;15-14(16,17)8-2-1-3-9(6-8)20-26(21,22)10-4-5-11-12(7-10)19-13(18-11)27(23,24)25;1-19(17,18)11-14-8-5-7(12)10(6-9(8)15-11)16-4-2-3-13-16;1-6-3-4-7-8(5-6)11-9(10-7)14(2,12)13;/h2-7H,1H2,(H,17,18)(H,21,22);1-7,20H,(H,18,19)(H,23,24,25);2-6H,1H2,(H,14,15)(H,17,18);3-5H,2H2,1H3,(H,10,11)(H,12,13);1H4. The summed E-state index contributed by atoms with van der Waals surface area (Å²) in [5.41, 5.74) is 3.82. The number of hydrogen-bond acceptors (Lipinski definition) is 14. The predicted octanol–water partition coefficient (Wildman–Crippen LogP) is 8.01. The lowest BCUT2D eigenvalue weighted by molar-refractivity contribution is -0.137. The Bertz CT molecular complexity index is 5040. The second-order valence-corrected chi connectivity index (χ2v) is 25.8. The van der Waals surface area contributed by atoms with E-state index in [-0.39, 0.29) is 78.4 Å². The van der Waals surface area contributed by atoms with E-state index in [1.807, 2.05) is 23.8 Å². The number of sulfonamides is 1. The summed E-state index contributed by atoms with van der Waals surface area (Å²) in [7, 11) is -19.1. The van der Waals surface area contributed by atoms with Gasteiger partial charge in [0.05, 0.1) is 54.6 Å². The van der Waals surface area contributed by atoms with Gasteiger partial charge in [0, 0.05) is 40.8 Å². The summed E-state index contributed by atoms with van der Waals surface area (Å²) in [6, 6.07) is 26.5. The number of ketones is 2. The molecular weight excluding hydrogens is 1210 g/mol. The van der Waals surface area contributed by atoms with Crippen LogP contribution in [-0.4, -0.2) is 127 Å². The Labute approximate surface area is 473 Å². The van der Waals surface area contributed by atoms with Crippen LogP contribution in [0.1, 0.15) is 50.4 Å². The van der Waals surface area contributed by atoms with E-state index >= 15 is 0 Å². The third-order valence-corrected chi connectivity index (χ3v) is 16.2. The normalized spacial score (nSPS) is 14.5. The Hall–Kier alpha value is -8.93. The molecule has 12 rings (SSSR count). The molecule has 5 heterocycles. The number of aryl methyl sites for hydroxylation is 1. The summed E-state index contributed by atoms with van der Waals surface area (Å²) in [5.74, 6) is 8.31. The van der Waals surface area contributed by atoms with Gasteiger partial charge in [0.25, 0.3) is 15.2 Å². The molecule has 9 N–H and O–H groups in total. The molecule has 11 aromatic rings. The molecule has 0 radical (unpaired) electrons. The summed E-state index contributed by atoms with van der Waals surface area (Å²) in [6.45, 7) is 1.94. The number of alkyl halides is 3. The number of aromatic amines is 4. The van der Waals surface area contributed by atoms with Gasteiger partial charge in [-0.3, -0.25) is 18.9 Å². The van der Waals surface area contributed by atoms with Gasteiger partial charge >= 0.3 is 16.3 Å². The zero-order valence-electron chi connectivity index (χ0n) is 41.9. The van der Waals surface area contributed by atoms with E-state index < -0.39 is 72.3 Å². The average molecular weight is 1250 g/mol. The predicted molar refractivity (Wildman–Crippen MR) is 307 cm³/mol. The molecule has 5 aromatic heterocycles. The summed E-state index contributed by atoms with van der Waals surface area (Å²) >= 11 is 0. The molecule has 3 unspecified atom stereocenters. The number of anilines is 1. The SMILES string of the molecule is C.C=S(=O)(O)c1nc2c3c(ccc2[nH]1)C(=O)c1ccccc1C3=O.C=S(=O)(O)c1nc2cc(-n3cccn3)c(F)cc2[nH]1.C=S(=O)(O)c1nc2ccc(C)cc2[nH]1.O=S(=O)(O)c1nc2ccc(S(=O)(=O)Nc3cccc(C(F)(F)F)c3)cc2[nH]1. The van der Waals surface area contributed by atoms with E-state index in [4.69, 9.17) is 4.55 Å². The fourth-order valence-electron chi connectivity index (χ4n) is 7.99. The Morgan fingerprint density at radius 1 is 0.571 bits per heavy atom. The smallest absolute Gasteiger partial charge is 0.329 e. The molecule has 0 fully saturated rings. The second-order valence-electron chi connectivity index (χ2n) is 17.8. The van der Waals surface area contributed by atoms with Crippen LogP contribution in [0, 0.1) is 12.7 Å². The Kier molecular flexibility index (Phi) is 16.3. The van der Waals surface area contributed by atoms with Crippen molar-refractivity contribution in [3.05, 3.63) is 167 Å². The molecule has 33 heteroatoms. The molecule has 0 aliphatic heterocycles. The fourth-order valence-corrected chi connectivity index (χ4v) is 11.0. The van der Waals surface area contributed by atoms with Gasteiger partial charge in [0.2, 0.25) is 15.5 Å². The minimum absolute atomic E-state index is 0. The third-order valence-electron chi connectivity index (χ3n) is 11.8.